The molecule has 3 aromatic rings. The lowest BCUT2D eigenvalue weighted by molar-refractivity contribution is 0.101. The van der Waals surface area contributed by atoms with Crippen LogP contribution in [0.4, 0.5) is 0 Å². The highest BCUT2D eigenvalue weighted by Crippen LogP contribution is 2.43. The molecular weight excluding hydrogens is 390 g/mol. The zero-order chi connectivity index (χ0) is 21.7. The Balaban J connectivity index is 1.50. The van der Waals surface area contributed by atoms with Gasteiger partial charge < -0.3 is 14.3 Å². The summed E-state index contributed by atoms with van der Waals surface area (Å²) >= 11 is 0. The van der Waals surface area contributed by atoms with Gasteiger partial charge in [-0.15, -0.1) is 0 Å². The highest BCUT2D eigenvalue weighted by Gasteiger charge is 2.34. The molecule has 2 aliphatic rings. The molecule has 3 heterocycles. The van der Waals surface area contributed by atoms with E-state index in [0.717, 1.165) is 29.6 Å². The van der Waals surface area contributed by atoms with Crippen LogP contribution in [0.25, 0.3) is 17.0 Å². The van der Waals surface area contributed by atoms with Gasteiger partial charge in [-0.25, -0.2) is 0 Å². The first kappa shape index (κ1) is 19.9. The minimum atomic E-state index is -0.172. The molecule has 31 heavy (non-hydrogen) atoms. The molecule has 2 atom stereocenters. The zero-order valence-electron chi connectivity index (χ0n) is 18.1. The predicted octanol–water partition coefficient (Wildman–Crippen LogP) is 5.54. The number of aryl methyl sites for hydroxylation is 1. The Morgan fingerprint density at radius 1 is 1.16 bits per heavy atom. The fourth-order valence-electron chi connectivity index (χ4n) is 5.08. The quantitative estimate of drug-likeness (QED) is 0.567. The Kier molecular flexibility index (Phi) is 4.86. The molecule has 160 valence electrons. The molecule has 1 fully saturated rings. The standard InChI is InChI=1S/C26H27NO4/c1-15-8-16(2)13-27(12-15)14-20-21(28)9-17(3)24-25(29)23(31-26(20)24)11-19-10-18-6-4-5-7-22(18)30-19/h4-7,9-11,15-16,28H,8,12-14H2,1-3H3/b23-11-/t15-,16-/m0/s1. The fourth-order valence-corrected chi connectivity index (χ4v) is 5.08. The van der Waals surface area contributed by atoms with Gasteiger partial charge in [0.15, 0.2) is 5.76 Å². The summed E-state index contributed by atoms with van der Waals surface area (Å²) in [7, 11) is 0. The average molecular weight is 418 g/mol. The van der Waals surface area contributed by atoms with Crippen molar-refractivity contribution < 1.29 is 19.1 Å². The van der Waals surface area contributed by atoms with Crippen LogP contribution in [0.5, 0.6) is 11.5 Å². The number of phenolic OH excluding ortho intramolecular Hbond substituents is 1. The second kappa shape index (κ2) is 7.57. The molecule has 0 spiro atoms. The number of likely N-dealkylation sites (tertiary alicyclic amines) is 1. The number of carbonyl (C=O) groups excluding carboxylic acids is 1. The minimum Gasteiger partial charge on any atom is -0.507 e. The first-order valence-corrected chi connectivity index (χ1v) is 10.9. The average Bonchev–Trinajstić information content (AvgIpc) is 3.25. The van der Waals surface area contributed by atoms with E-state index in [1.165, 1.54) is 6.42 Å². The molecule has 0 radical (unpaired) electrons. The predicted molar refractivity (Wildman–Crippen MR) is 120 cm³/mol. The summed E-state index contributed by atoms with van der Waals surface area (Å²) in [5.41, 5.74) is 2.70. The highest BCUT2D eigenvalue weighted by molar-refractivity contribution is 6.15. The van der Waals surface area contributed by atoms with E-state index in [0.29, 0.717) is 41.0 Å². The molecule has 1 N–H and O–H groups in total. The van der Waals surface area contributed by atoms with Gasteiger partial charge in [-0.05, 0) is 48.9 Å². The van der Waals surface area contributed by atoms with Crippen LogP contribution < -0.4 is 4.74 Å². The van der Waals surface area contributed by atoms with Crippen molar-refractivity contribution >= 4 is 22.8 Å². The largest absolute Gasteiger partial charge is 0.507 e. The lowest BCUT2D eigenvalue weighted by Crippen LogP contribution is -2.38. The van der Waals surface area contributed by atoms with E-state index in [2.05, 4.69) is 18.7 Å². The third kappa shape index (κ3) is 3.63. The Morgan fingerprint density at radius 2 is 1.90 bits per heavy atom. The SMILES string of the molecule is Cc1cc(O)c(CN2C[C@@H](C)C[C@H](C)C2)c2c1C(=O)/C(=C/c1cc3ccccc3o1)O2. The summed E-state index contributed by atoms with van der Waals surface area (Å²) in [4.78, 5) is 15.5. The van der Waals surface area contributed by atoms with Crippen LogP contribution in [0.15, 0.2) is 46.6 Å². The van der Waals surface area contributed by atoms with Gasteiger partial charge in [0.2, 0.25) is 5.78 Å². The summed E-state index contributed by atoms with van der Waals surface area (Å²) in [5, 5.41) is 11.7. The number of benzene rings is 2. The Bertz CT molecular complexity index is 1160. The number of phenols is 1. The number of para-hydroxylation sites is 1. The van der Waals surface area contributed by atoms with Crippen LogP contribution in [0, 0.1) is 18.8 Å². The summed E-state index contributed by atoms with van der Waals surface area (Å²) in [6, 6.07) is 11.3. The molecule has 5 nitrogen and oxygen atoms in total. The van der Waals surface area contributed by atoms with Crippen molar-refractivity contribution in [3.05, 3.63) is 64.6 Å². The Hall–Kier alpha value is -3.05. The first-order valence-electron chi connectivity index (χ1n) is 10.9. The number of nitrogens with zero attached hydrogens (tertiary/aromatic N) is 1. The van der Waals surface area contributed by atoms with E-state index in [1.54, 1.807) is 12.1 Å². The first-order chi connectivity index (χ1) is 14.9. The van der Waals surface area contributed by atoms with E-state index in [4.69, 9.17) is 9.15 Å². The van der Waals surface area contributed by atoms with Crippen molar-refractivity contribution in [2.75, 3.05) is 13.1 Å². The van der Waals surface area contributed by atoms with Gasteiger partial charge in [-0.1, -0.05) is 32.0 Å². The lowest BCUT2D eigenvalue weighted by atomic mass is 9.91. The van der Waals surface area contributed by atoms with E-state index in [9.17, 15) is 9.90 Å². The number of hydrogen-bond donors (Lipinski definition) is 1. The summed E-state index contributed by atoms with van der Waals surface area (Å²) in [6.07, 6.45) is 2.86. The van der Waals surface area contributed by atoms with Crippen molar-refractivity contribution in [2.24, 2.45) is 11.8 Å². The zero-order valence-corrected chi connectivity index (χ0v) is 18.1. The number of carbonyl (C=O) groups is 1. The Labute approximate surface area is 181 Å². The minimum absolute atomic E-state index is 0.172. The summed E-state index contributed by atoms with van der Waals surface area (Å²) in [5.74, 6) is 2.50. The van der Waals surface area contributed by atoms with Gasteiger partial charge in [0.25, 0.3) is 0 Å². The Morgan fingerprint density at radius 3 is 2.65 bits per heavy atom. The number of aromatic hydroxyl groups is 1. The third-order valence-electron chi connectivity index (χ3n) is 6.26. The molecular formula is C26H27NO4. The summed E-state index contributed by atoms with van der Waals surface area (Å²) < 4.78 is 11.9. The molecule has 0 saturated carbocycles. The molecule has 5 rings (SSSR count). The maximum Gasteiger partial charge on any atom is 0.232 e. The molecule has 0 bridgehead atoms. The number of piperidine rings is 1. The molecule has 5 heteroatoms. The normalized spacial score (nSPS) is 22.8. The number of fused-ring (bicyclic) bond motifs is 2. The smallest absolute Gasteiger partial charge is 0.232 e. The second-order valence-electron chi connectivity index (χ2n) is 9.16. The van der Waals surface area contributed by atoms with E-state index in [1.807, 2.05) is 37.3 Å². The summed E-state index contributed by atoms with van der Waals surface area (Å²) in [6.45, 7) is 8.86. The number of furan rings is 1. The van der Waals surface area contributed by atoms with Crippen LogP contribution in [-0.4, -0.2) is 28.9 Å². The third-order valence-corrected chi connectivity index (χ3v) is 6.26. The number of allylic oxidation sites excluding steroid dienone is 1. The number of Topliss-reactive ketones (excluding diaryl/α,β-unsaturated/α-hetero) is 1. The van der Waals surface area contributed by atoms with Crippen LogP contribution in [0.2, 0.25) is 0 Å². The molecule has 0 aliphatic carbocycles. The van der Waals surface area contributed by atoms with Crippen molar-refractivity contribution in [3.8, 4) is 11.5 Å². The van der Waals surface area contributed by atoms with E-state index < -0.39 is 0 Å². The monoisotopic (exact) mass is 417 g/mol. The van der Waals surface area contributed by atoms with Crippen molar-refractivity contribution in [2.45, 2.75) is 33.7 Å². The van der Waals surface area contributed by atoms with Gasteiger partial charge in [0, 0.05) is 31.1 Å². The van der Waals surface area contributed by atoms with E-state index >= 15 is 0 Å². The molecule has 1 aromatic heterocycles. The van der Waals surface area contributed by atoms with Gasteiger partial charge in [-0.3, -0.25) is 9.69 Å². The molecule has 0 amide bonds. The number of rotatable bonds is 3. The molecule has 2 aromatic carbocycles. The van der Waals surface area contributed by atoms with Crippen LogP contribution in [0.1, 0.15) is 47.5 Å². The van der Waals surface area contributed by atoms with Crippen LogP contribution in [-0.2, 0) is 6.54 Å². The van der Waals surface area contributed by atoms with Gasteiger partial charge in [0.05, 0.1) is 11.1 Å². The maximum absolute atomic E-state index is 13.2. The lowest BCUT2D eigenvalue weighted by Gasteiger charge is -2.35. The van der Waals surface area contributed by atoms with Crippen molar-refractivity contribution in [1.82, 2.24) is 4.90 Å². The fraction of sp³-hybridized carbons (Fsp3) is 0.346. The van der Waals surface area contributed by atoms with Gasteiger partial charge in [-0.2, -0.15) is 0 Å². The van der Waals surface area contributed by atoms with Crippen LogP contribution in [0.3, 0.4) is 0 Å². The maximum atomic E-state index is 13.2. The number of hydrogen-bond acceptors (Lipinski definition) is 5. The van der Waals surface area contributed by atoms with Crippen molar-refractivity contribution in [1.29, 1.82) is 0 Å². The van der Waals surface area contributed by atoms with Gasteiger partial charge in [0.1, 0.15) is 22.8 Å². The number of ketones is 1. The van der Waals surface area contributed by atoms with Crippen LogP contribution >= 0.6 is 0 Å². The molecule has 2 aliphatic heterocycles. The van der Waals surface area contributed by atoms with E-state index in [-0.39, 0.29) is 17.3 Å². The van der Waals surface area contributed by atoms with Crippen molar-refractivity contribution in [3.63, 3.8) is 0 Å². The second-order valence-corrected chi connectivity index (χ2v) is 9.16. The topological polar surface area (TPSA) is 62.9 Å². The molecule has 0 unspecified atom stereocenters. The van der Waals surface area contributed by atoms with Gasteiger partial charge >= 0.3 is 0 Å². The highest BCUT2D eigenvalue weighted by atomic mass is 16.5. The number of ether oxygens (including phenoxy) is 1. The molecule has 1 saturated heterocycles.